The maximum Gasteiger partial charge on any atom is 0.251 e. The first kappa shape index (κ1) is 17.5. The predicted molar refractivity (Wildman–Crippen MR) is 96.6 cm³/mol. The van der Waals surface area contributed by atoms with Crippen molar-refractivity contribution in [2.45, 2.75) is 19.9 Å². The van der Waals surface area contributed by atoms with Gasteiger partial charge >= 0.3 is 0 Å². The number of carbonyl (C=O) groups excluding carboxylic acids is 2. The van der Waals surface area contributed by atoms with Gasteiger partial charge in [-0.1, -0.05) is 36.4 Å². The van der Waals surface area contributed by atoms with Crippen molar-refractivity contribution in [1.82, 2.24) is 10.6 Å². The predicted octanol–water partition coefficient (Wildman–Crippen LogP) is 3.25. The summed E-state index contributed by atoms with van der Waals surface area (Å²) in [7, 11) is 1.59. The molecule has 0 heterocycles. The molecule has 1 unspecified atom stereocenters. The van der Waals surface area contributed by atoms with Crippen molar-refractivity contribution in [3.63, 3.8) is 0 Å². The molecule has 0 aliphatic heterocycles. The fourth-order valence-corrected chi connectivity index (χ4v) is 2.47. The van der Waals surface area contributed by atoms with Crippen molar-refractivity contribution < 1.29 is 9.59 Å². The lowest BCUT2D eigenvalue weighted by Crippen LogP contribution is -2.25. The molecule has 2 rings (SSSR count). The minimum Gasteiger partial charge on any atom is -0.355 e. The first-order valence-electron chi connectivity index (χ1n) is 7.87. The Balaban J connectivity index is 1.98. The highest BCUT2D eigenvalue weighted by molar-refractivity contribution is 5.94. The molecule has 2 amide bonds. The van der Waals surface area contributed by atoms with E-state index < -0.39 is 0 Å². The summed E-state index contributed by atoms with van der Waals surface area (Å²) in [6.07, 6.45) is 3.23. The maximum absolute atomic E-state index is 12.1. The number of hydrogen-bond acceptors (Lipinski definition) is 2. The van der Waals surface area contributed by atoms with E-state index in [-0.39, 0.29) is 17.9 Å². The molecule has 2 N–H and O–H groups in total. The zero-order valence-electron chi connectivity index (χ0n) is 14.2. The van der Waals surface area contributed by atoms with Gasteiger partial charge in [0.25, 0.3) is 5.91 Å². The number of rotatable bonds is 5. The summed E-state index contributed by atoms with van der Waals surface area (Å²) in [5.74, 6) is -0.281. The molecule has 1 atom stereocenters. The topological polar surface area (TPSA) is 58.2 Å². The van der Waals surface area contributed by atoms with Crippen LogP contribution < -0.4 is 10.6 Å². The lowest BCUT2D eigenvalue weighted by Gasteiger charge is -2.15. The first-order chi connectivity index (χ1) is 11.5. The molecule has 0 aliphatic carbocycles. The van der Waals surface area contributed by atoms with Crippen LogP contribution in [0.25, 0.3) is 6.08 Å². The normalized spacial score (nSPS) is 12.0. The van der Waals surface area contributed by atoms with E-state index in [1.807, 2.05) is 38.1 Å². The molecular formula is C20H22N2O2. The summed E-state index contributed by atoms with van der Waals surface area (Å²) in [5.41, 5.74) is 3.71. The summed E-state index contributed by atoms with van der Waals surface area (Å²) in [6.45, 7) is 3.99. The Morgan fingerprint density at radius 1 is 1.04 bits per heavy atom. The van der Waals surface area contributed by atoms with E-state index in [1.54, 1.807) is 37.4 Å². The van der Waals surface area contributed by atoms with Crippen LogP contribution in [0.5, 0.6) is 0 Å². The zero-order valence-corrected chi connectivity index (χ0v) is 14.2. The molecular weight excluding hydrogens is 300 g/mol. The average molecular weight is 322 g/mol. The monoisotopic (exact) mass is 322 g/mol. The van der Waals surface area contributed by atoms with E-state index in [2.05, 4.69) is 10.6 Å². The number of carbonyl (C=O) groups is 2. The summed E-state index contributed by atoms with van der Waals surface area (Å²) < 4.78 is 0. The van der Waals surface area contributed by atoms with E-state index >= 15 is 0 Å². The van der Waals surface area contributed by atoms with E-state index in [0.29, 0.717) is 5.56 Å². The van der Waals surface area contributed by atoms with Gasteiger partial charge in [-0.3, -0.25) is 9.59 Å². The van der Waals surface area contributed by atoms with Gasteiger partial charge in [-0.25, -0.2) is 0 Å². The molecule has 124 valence electrons. The number of nitrogens with one attached hydrogen (secondary N) is 2. The molecule has 24 heavy (non-hydrogen) atoms. The molecule has 0 aliphatic rings. The third-order valence-electron chi connectivity index (χ3n) is 3.84. The van der Waals surface area contributed by atoms with Gasteiger partial charge in [0.05, 0.1) is 6.04 Å². The Morgan fingerprint density at radius 3 is 2.33 bits per heavy atom. The van der Waals surface area contributed by atoms with Crippen LogP contribution in [-0.4, -0.2) is 18.9 Å². The fourth-order valence-electron chi connectivity index (χ4n) is 2.47. The lowest BCUT2D eigenvalue weighted by atomic mass is 10.0. The molecule has 0 saturated carbocycles. The van der Waals surface area contributed by atoms with Gasteiger partial charge in [0.2, 0.25) is 5.91 Å². The van der Waals surface area contributed by atoms with Gasteiger partial charge in [-0.05, 0) is 48.7 Å². The highest BCUT2D eigenvalue weighted by Crippen LogP contribution is 2.16. The van der Waals surface area contributed by atoms with E-state index in [1.165, 1.54) is 6.08 Å². The van der Waals surface area contributed by atoms with Crippen molar-refractivity contribution in [3.05, 3.63) is 76.9 Å². The number of amides is 2. The van der Waals surface area contributed by atoms with Gasteiger partial charge in [0, 0.05) is 18.7 Å². The summed E-state index contributed by atoms with van der Waals surface area (Å²) >= 11 is 0. The average Bonchev–Trinajstić information content (AvgIpc) is 2.60. The second-order valence-electron chi connectivity index (χ2n) is 5.62. The van der Waals surface area contributed by atoms with Crippen molar-refractivity contribution >= 4 is 17.9 Å². The summed E-state index contributed by atoms with van der Waals surface area (Å²) in [6, 6.07) is 15.0. The third kappa shape index (κ3) is 4.56. The molecule has 0 spiro atoms. The Morgan fingerprint density at radius 2 is 1.71 bits per heavy atom. The fraction of sp³-hybridized carbons (Fsp3) is 0.200. The second kappa shape index (κ2) is 8.11. The van der Waals surface area contributed by atoms with Crippen LogP contribution in [0.4, 0.5) is 0 Å². The highest BCUT2D eigenvalue weighted by atomic mass is 16.2. The van der Waals surface area contributed by atoms with Crippen LogP contribution in [0.3, 0.4) is 0 Å². The van der Waals surface area contributed by atoms with E-state index in [9.17, 15) is 9.59 Å². The number of hydrogen-bond donors (Lipinski definition) is 2. The second-order valence-corrected chi connectivity index (χ2v) is 5.62. The molecule has 4 nitrogen and oxygen atoms in total. The first-order valence-corrected chi connectivity index (χ1v) is 7.87. The van der Waals surface area contributed by atoms with Crippen LogP contribution in [0.15, 0.2) is 54.6 Å². The Hall–Kier alpha value is -2.88. The minimum atomic E-state index is -0.152. The molecule has 0 fully saturated rings. The molecule has 2 aromatic carbocycles. The van der Waals surface area contributed by atoms with E-state index in [4.69, 9.17) is 0 Å². The molecule has 4 heteroatoms. The zero-order chi connectivity index (χ0) is 17.5. The standard InChI is InChI=1S/C20H22N2O2/c1-14-6-4-5-7-18(14)15(2)22-19(23)13-10-16-8-11-17(12-9-16)20(24)21-3/h4-13,15H,1-3H3,(H,21,24)(H,22,23)/b13-10+. The third-order valence-corrected chi connectivity index (χ3v) is 3.84. The van der Waals surface area contributed by atoms with Gasteiger partial charge in [0.1, 0.15) is 0 Å². The SMILES string of the molecule is CNC(=O)c1ccc(/C=C/C(=O)NC(C)c2ccccc2C)cc1. The smallest absolute Gasteiger partial charge is 0.251 e. The van der Waals surface area contributed by atoms with Crippen molar-refractivity contribution in [2.24, 2.45) is 0 Å². The van der Waals surface area contributed by atoms with Crippen LogP contribution in [-0.2, 0) is 4.79 Å². The van der Waals surface area contributed by atoms with Gasteiger partial charge in [0.15, 0.2) is 0 Å². The van der Waals surface area contributed by atoms with Crippen molar-refractivity contribution in [3.8, 4) is 0 Å². The molecule has 0 aromatic heterocycles. The Bertz CT molecular complexity index is 748. The Labute approximate surface area is 142 Å². The number of aryl methyl sites for hydroxylation is 1. The lowest BCUT2D eigenvalue weighted by molar-refractivity contribution is -0.117. The molecule has 0 saturated heterocycles. The van der Waals surface area contributed by atoms with Crippen molar-refractivity contribution in [2.75, 3.05) is 7.05 Å². The molecule has 0 bridgehead atoms. The quantitative estimate of drug-likeness (QED) is 0.830. The Kier molecular flexibility index (Phi) is 5.90. The highest BCUT2D eigenvalue weighted by Gasteiger charge is 2.09. The van der Waals surface area contributed by atoms with Gasteiger partial charge < -0.3 is 10.6 Å². The van der Waals surface area contributed by atoms with Crippen LogP contribution in [0.1, 0.15) is 40.0 Å². The largest absolute Gasteiger partial charge is 0.355 e. The van der Waals surface area contributed by atoms with Crippen molar-refractivity contribution in [1.29, 1.82) is 0 Å². The maximum atomic E-state index is 12.1. The van der Waals surface area contributed by atoms with E-state index in [0.717, 1.165) is 16.7 Å². The summed E-state index contributed by atoms with van der Waals surface area (Å²) in [5, 5.41) is 5.53. The van der Waals surface area contributed by atoms with Crippen LogP contribution in [0.2, 0.25) is 0 Å². The number of benzene rings is 2. The van der Waals surface area contributed by atoms with Gasteiger partial charge in [-0.2, -0.15) is 0 Å². The summed E-state index contributed by atoms with van der Waals surface area (Å²) in [4.78, 5) is 23.6. The van der Waals surface area contributed by atoms with Crippen LogP contribution >= 0.6 is 0 Å². The molecule has 0 radical (unpaired) electrons. The minimum absolute atomic E-state index is 0.0565. The van der Waals surface area contributed by atoms with Crippen LogP contribution in [0, 0.1) is 6.92 Å². The molecule has 2 aromatic rings. The van der Waals surface area contributed by atoms with Gasteiger partial charge in [-0.15, -0.1) is 0 Å².